The molecule has 6 rings (SSSR count). The molecule has 1 atom stereocenters. The average Bonchev–Trinajstić information content (AvgIpc) is 3.16. The van der Waals surface area contributed by atoms with E-state index in [0.717, 1.165) is 56.0 Å². The number of ether oxygens (including phenoxy) is 1. The predicted octanol–water partition coefficient (Wildman–Crippen LogP) is 3.79. The third kappa shape index (κ3) is 4.08. The summed E-state index contributed by atoms with van der Waals surface area (Å²) >= 11 is 6.63. The molecular weight excluding hydrogens is 464 g/mol. The van der Waals surface area contributed by atoms with Crippen LogP contribution in [-0.2, 0) is 11.3 Å². The minimum Gasteiger partial charge on any atom is -0.377 e. The average molecular weight is 490 g/mol. The van der Waals surface area contributed by atoms with Gasteiger partial charge in [0.15, 0.2) is 0 Å². The van der Waals surface area contributed by atoms with Gasteiger partial charge < -0.3 is 15.0 Å². The largest absolute Gasteiger partial charge is 0.377 e. The third-order valence-electron chi connectivity index (χ3n) is 7.11. The van der Waals surface area contributed by atoms with E-state index in [1.54, 1.807) is 18.6 Å². The summed E-state index contributed by atoms with van der Waals surface area (Å²) in [7, 11) is 0. The quantitative estimate of drug-likeness (QED) is 0.565. The normalized spacial score (nSPS) is 23.6. The van der Waals surface area contributed by atoms with Gasteiger partial charge in [-0.3, -0.25) is 9.58 Å². The Bertz CT molecular complexity index is 1220. The highest BCUT2D eigenvalue weighted by atomic mass is 35.5. The molecule has 0 spiro atoms. The number of halogens is 3. The molecule has 2 saturated heterocycles. The van der Waals surface area contributed by atoms with Crippen molar-refractivity contribution >= 4 is 39.8 Å². The van der Waals surface area contributed by atoms with Crippen molar-refractivity contribution in [1.29, 1.82) is 0 Å². The number of nitrogens with one attached hydrogen (secondary N) is 1. The predicted molar refractivity (Wildman–Crippen MR) is 126 cm³/mol. The number of anilines is 3. The summed E-state index contributed by atoms with van der Waals surface area (Å²) in [4.78, 5) is 13.8. The van der Waals surface area contributed by atoms with Crippen LogP contribution in [0.5, 0.6) is 0 Å². The van der Waals surface area contributed by atoms with E-state index >= 15 is 0 Å². The van der Waals surface area contributed by atoms with Gasteiger partial charge in [0.05, 0.1) is 46.9 Å². The lowest BCUT2D eigenvalue weighted by molar-refractivity contribution is -0.131. The molecule has 3 fully saturated rings. The lowest BCUT2D eigenvalue weighted by Gasteiger charge is -2.50. The zero-order valence-corrected chi connectivity index (χ0v) is 19.6. The molecule has 1 unspecified atom stereocenters. The first-order chi connectivity index (χ1) is 16.3. The fraction of sp³-hybridized carbons (Fsp3) is 0.522. The van der Waals surface area contributed by atoms with Crippen molar-refractivity contribution in [2.24, 2.45) is 5.92 Å². The number of aromatic nitrogens is 4. The topological polar surface area (TPSA) is 71.3 Å². The van der Waals surface area contributed by atoms with Crippen molar-refractivity contribution < 1.29 is 13.5 Å². The van der Waals surface area contributed by atoms with Gasteiger partial charge in [-0.1, -0.05) is 11.6 Å². The third-order valence-corrected chi connectivity index (χ3v) is 7.41. The van der Waals surface area contributed by atoms with Gasteiger partial charge in [0.2, 0.25) is 5.95 Å². The summed E-state index contributed by atoms with van der Waals surface area (Å²) in [5.74, 6) is -2.78. The molecule has 180 valence electrons. The fourth-order valence-corrected chi connectivity index (χ4v) is 5.05. The van der Waals surface area contributed by atoms with Crippen LogP contribution in [0.2, 0.25) is 5.02 Å². The van der Waals surface area contributed by atoms with Gasteiger partial charge in [-0.25, -0.2) is 18.7 Å². The molecule has 0 amide bonds. The maximum atomic E-state index is 13.2. The Morgan fingerprint density at radius 1 is 1.18 bits per heavy atom. The highest BCUT2D eigenvalue weighted by molar-refractivity contribution is 6.34. The molecule has 1 saturated carbocycles. The van der Waals surface area contributed by atoms with Crippen LogP contribution in [0, 0.1) is 5.92 Å². The Balaban J connectivity index is 1.16. The molecule has 4 heterocycles. The molecule has 34 heavy (non-hydrogen) atoms. The van der Waals surface area contributed by atoms with Gasteiger partial charge >= 0.3 is 0 Å². The van der Waals surface area contributed by atoms with E-state index in [1.165, 1.54) is 4.68 Å². The first kappa shape index (κ1) is 21.9. The van der Waals surface area contributed by atoms with E-state index in [0.29, 0.717) is 16.7 Å². The maximum absolute atomic E-state index is 13.2. The van der Waals surface area contributed by atoms with Gasteiger partial charge in [0.25, 0.3) is 5.92 Å². The van der Waals surface area contributed by atoms with Crippen LogP contribution >= 0.6 is 11.6 Å². The van der Waals surface area contributed by atoms with Crippen molar-refractivity contribution in [2.75, 3.05) is 49.6 Å². The van der Waals surface area contributed by atoms with E-state index < -0.39 is 11.8 Å². The Labute approximate surface area is 200 Å². The van der Waals surface area contributed by atoms with E-state index in [9.17, 15) is 8.78 Å². The number of hydrogen-bond acceptors (Lipinski definition) is 7. The number of piperazine rings is 1. The van der Waals surface area contributed by atoms with Crippen molar-refractivity contribution in [3.05, 3.63) is 35.7 Å². The standard InChI is InChI=1S/C23H26ClF2N7O/c1-22(13-34-14-22)32-4-2-31(3-5-32)20-7-19-15(6-18(20)24)9-27-21(30-19)29-17-10-28-33(12-17)11-16-8-23(16,25)26/h6-7,9-10,12,16H,2-5,8,11,13-14H2,1H3,(H,27,29,30). The number of alkyl halides is 2. The second kappa shape index (κ2) is 8.00. The van der Waals surface area contributed by atoms with Crippen LogP contribution in [0.3, 0.4) is 0 Å². The van der Waals surface area contributed by atoms with Gasteiger partial charge in [0, 0.05) is 62.8 Å². The Morgan fingerprint density at radius 3 is 2.62 bits per heavy atom. The first-order valence-corrected chi connectivity index (χ1v) is 11.9. The monoisotopic (exact) mass is 489 g/mol. The van der Waals surface area contributed by atoms with Gasteiger partial charge in [-0.15, -0.1) is 0 Å². The molecule has 1 aromatic carbocycles. The van der Waals surface area contributed by atoms with Crippen LogP contribution in [0.15, 0.2) is 30.7 Å². The highest BCUT2D eigenvalue weighted by Crippen LogP contribution is 2.49. The zero-order valence-electron chi connectivity index (χ0n) is 18.8. The first-order valence-electron chi connectivity index (χ1n) is 11.5. The number of rotatable bonds is 6. The van der Waals surface area contributed by atoms with Crippen molar-refractivity contribution in [1.82, 2.24) is 24.6 Å². The number of fused-ring (bicyclic) bond motifs is 1. The highest BCUT2D eigenvalue weighted by Gasteiger charge is 2.56. The summed E-state index contributed by atoms with van der Waals surface area (Å²) in [6.45, 7) is 7.74. The second-order valence-electron chi connectivity index (χ2n) is 9.76. The number of benzene rings is 1. The molecule has 1 N–H and O–H groups in total. The van der Waals surface area contributed by atoms with E-state index in [1.807, 2.05) is 12.1 Å². The molecule has 3 aromatic rings. The van der Waals surface area contributed by atoms with Gasteiger partial charge in [-0.2, -0.15) is 5.10 Å². The van der Waals surface area contributed by atoms with Crippen LogP contribution in [0.1, 0.15) is 13.3 Å². The van der Waals surface area contributed by atoms with Crippen LogP contribution in [0.4, 0.5) is 26.1 Å². The van der Waals surface area contributed by atoms with Crippen LogP contribution in [0.25, 0.3) is 10.9 Å². The van der Waals surface area contributed by atoms with Gasteiger partial charge in [-0.05, 0) is 19.1 Å². The van der Waals surface area contributed by atoms with Crippen molar-refractivity contribution in [3.8, 4) is 0 Å². The number of hydrogen-bond donors (Lipinski definition) is 1. The number of nitrogens with zero attached hydrogens (tertiary/aromatic N) is 6. The van der Waals surface area contributed by atoms with Crippen LogP contribution in [-0.4, -0.2) is 75.5 Å². The Hall–Kier alpha value is -2.56. The minimum absolute atomic E-state index is 0.0723. The van der Waals surface area contributed by atoms with Crippen molar-refractivity contribution in [3.63, 3.8) is 0 Å². The van der Waals surface area contributed by atoms with E-state index in [4.69, 9.17) is 16.3 Å². The molecular formula is C23H26ClF2N7O. The molecule has 0 radical (unpaired) electrons. The Kier molecular flexibility index (Phi) is 5.16. The molecule has 2 aliphatic heterocycles. The molecule has 3 aliphatic rings. The lowest BCUT2D eigenvalue weighted by Crippen LogP contribution is -2.64. The SMILES string of the molecule is CC1(N2CCN(c3cc4nc(Nc5cnn(CC6CC6(F)F)c5)ncc4cc3Cl)CC2)COC1. The summed E-state index contributed by atoms with van der Waals surface area (Å²) in [5.41, 5.74) is 2.55. The van der Waals surface area contributed by atoms with Gasteiger partial charge in [0.1, 0.15) is 0 Å². The second-order valence-corrected chi connectivity index (χ2v) is 10.2. The molecule has 2 aromatic heterocycles. The lowest BCUT2D eigenvalue weighted by atomic mass is 9.97. The van der Waals surface area contributed by atoms with E-state index in [2.05, 4.69) is 37.1 Å². The smallest absolute Gasteiger partial charge is 0.253 e. The summed E-state index contributed by atoms with van der Waals surface area (Å²) in [6, 6.07) is 3.91. The van der Waals surface area contributed by atoms with Crippen LogP contribution < -0.4 is 10.2 Å². The molecule has 11 heteroatoms. The molecule has 8 nitrogen and oxygen atoms in total. The van der Waals surface area contributed by atoms with E-state index in [-0.39, 0.29) is 18.5 Å². The summed E-state index contributed by atoms with van der Waals surface area (Å²) in [5, 5.41) is 8.82. The minimum atomic E-state index is -2.56. The Morgan fingerprint density at radius 2 is 1.94 bits per heavy atom. The molecule has 1 aliphatic carbocycles. The zero-order chi connectivity index (χ0) is 23.5. The fourth-order valence-electron chi connectivity index (χ4n) is 4.76. The summed E-state index contributed by atoms with van der Waals surface area (Å²) < 4.78 is 33.3. The maximum Gasteiger partial charge on any atom is 0.253 e. The summed E-state index contributed by atoms with van der Waals surface area (Å²) in [6.07, 6.45) is 4.94. The molecule has 0 bridgehead atoms. The van der Waals surface area contributed by atoms with Crippen molar-refractivity contribution in [2.45, 2.75) is 31.4 Å².